The predicted molar refractivity (Wildman–Crippen MR) is 118 cm³/mol. The molecule has 2 heterocycles. The molecule has 0 spiro atoms. The fourth-order valence-electron chi connectivity index (χ4n) is 3.13. The van der Waals surface area contributed by atoms with Crippen molar-refractivity contribution in [2.45, 2.75) is 45.1 Å². The van der Waals surface area contributed by atoms with E-state index in [1.165, 1.54) is 29.7 Å². The van der Waals surface area contributed by atoms with Gasteiger partial charge >= 0.3 is 17.7 Å². The highest BCUT2D eigenvalue weighted by molar-refractivity contribution is 7.91. The highest BCUT2D eigenvalue weighted by atomic mass is 32.2. The number of aromatic nitrogens is 4. The van der Waals surface area contributed by atoms with Crippen LogP contribution in [0.4, 0.5) is 5.82 Å². The minimum atomic E-state index is -3.82. The Morgan fingerprint density at radius 2 is 2.03 bits per heavy atom. The summed E-state index contributed by atoms with van der Waals surface area (Å²) >= 11 is 0. The number of rotatable bonds is 9. The summed E-state index contributed by atoms with van der Waals surface area (Å²) in [5.41, 5.74) is 6.04. The van der Waals surface area contributed by atoms with Crippen LogP contribution in [0.3, 0.4) is 0 Å². The second-order valence-electron chi connectivity index (χ2n) is 7.17. The van der Waals surface area contributed by atoms with Gasteiger partial charge in [-0.1, -0.05) is 19.4 Å². The maximum Gasteiger partial charge on any atom is 0.327 e. The number of aromatic amines is 1. The number of sulfone groups is 1. The normalized spacial score (nSPS) is 11.6. The first-order valence-electron chi connectivity index (χ1n) is 10.0. The summed E-state index contributed by atoms with van der Waals surface area (Å²) in [5.74, 6) is -0.746. The Morgan fingerprint density at radius 1 is 1.28 bits per heavy atom. The van der Waals surface area contributed by atoms with Crippen LogP contribution in [0, 0.1) is 6.92 Å². The number of anilines is 1. The van der Waals surface area contributed by atoms with Crippen LogP contribution >= 0.6 is 0 Å². The number of carbonyl (C=O) groups is 1. The molecule has 0 amide bonds. The van der Waals surface area contributed by atoms with Gasteiger partial charge in [0, 0.05) is 19.0 Å². The van der Waals surface area contributed by atoms with Gasteiger partial charge in [0.2, 0.25) is 0 Å². The van der Waals surface area contributed by atoms with Crippen LogP contribution < -0.4 is 20.9 Å². The average Bonchev–Trinajstić information content (AvgIpc) is 3.03. The molecule has 172 valence electrons. The van der Waals surface area contributed by atoms with Gasteiger partial charge in [-0.05, 0) is 25.5 Å². The third-order valence-corrected chi connectivity index (χ3v) is 6.60. The van der Waals surface area contributed by atoms with Gasteiger partial charge in [-0.25, -0.2) is 13.2 Å². The van der Waals surface area contributed by atoms with E-state index in [4.69, 9.17) is 15.2 Å². The van der Waals surface area contributed by atoms with E-state index in [0.717, 1.165) is 12.8 Å². The summed E-state index contributed by atoms with van der Waals surface area (Å²) in [6.45, 7) is 5.01. The summed E-state index contributed by atoms with van der Waals surface area (Å²) in [6.07, 6.45) is 1.72. The van der Waals surface area contributed by atoms with Crippen molar-refractivity contribution in [2.75, 3.05) is 18.1 Å². The zero-order chi connectivity index (χ0) is 23.5. The van der Waals surface area contributed by atoms with E-state index in [0.29, 0.717) is 12.2 Å². The van der Waals surface area contributed by atoms with E-state index < -0.39 is 21.5 Å². The molecule has 0 radical (unpaired) electrons. The maximum absolute atomic E-state index is 13.0. The number of nitrogen functional groups attached to an aromatic ring is 1. The molecular weight excluding hydrogens is 438 g/mol. The van der Waals surface area contributed by atoms with Gasteiger partial charge in [-0.2, -0.15) is 9.97 Å². The van der Waals surface area contributed by atoms with Gasteiger partial charge < -0.3 is 20.2 Å². The molecule has 0 saturated carbocycles. The molecule has 12 heteroatoms. The molecule has 0 atom stereocenters. The van der Waals surface area contributed by atoms with E-state index >= 15 is 0 Å². The van der Waals surface area contributed by atoms with Gasteiger partial charge in [-0.3, -0.25) is 9.36 Å². The summed E-state index contributed by atoms with van der Waals surface area (Å²) in [4.78, 5) is 34.5. The van der Waals surface area contributed by atoms with Crippen molar-refractivity contribution in [1.29, 1.82) is 0 Å². The van der Waals surface area contributed by atoms with Crippen molar-refractivity contribution in [3.63, 3.8) is 0 Å². The molecule has 0 aliphatic heterocycles. The monoisotopic (exact) mass is 463 g/mol. The minimum absolute atomic E-state index is 0.0156. The van der Waals surface area contributed by atoms with Crippen molar-refractivity contribution in [2.24, 2.45) is 0 Å². The number of nitrogens with two attached hydrogens (primary N) is 1. The quantitative estimate of drug-likeness (QED) is 0.273. The molecule has 32 heavy (non-hydrogen) atoms. The summed E-state index contributed by atoms with van der Waals surface area (Å²) in [5, 5.41) is 0. The third-order valence-electron chi connectivity index (χ3n) is 4.77. The largest absolute Gasteiger partial charge is 0.463 e. The second-order valence-corrected chi connectivity index (χ2v) is 9.24. The Hall–Kier alpha value is -3.41. The molecule has 2 aromatic heterocycles. The lowest BCUT2D eigenvalue weighted by atomic mass is 10.2. The number of ether oxygens (including phenoxy) is 2. The first kappa shape index (κ1) is 23.3. The highest BCUT2D eigenvalue weighted by Gasteiger charge is 2.22. The number of benzene rings is 1. The van der Waals surface area contributed by atoms with E-state index in [-0.39, 0.29) is 45.9 Å². The molecule has 0 aliphatic rings. The lowest BCUT2D eigenvalue weighted by molar-refractivity contribution is -0.131. The number of nitrogens with one attached hydrogen (secondary N) is 1. The predicted octanol–water partition coefficient (Wildman–Crippen LogP) is 1.59. The Labute approximate surface area is 184 Å². The minimum Gasteiger partial charge on any atom is -0.463 e. The number of carbonyl (C=O) groups excluding carboxylic acids is 1. The Kier molecular flexibility index (Phi) is 6.82. The lowest BCUT2D eigenvalue weighted by Crippen LogP contribution is -2.22. The molecule has 0 aliphatic carbocycles. The maximum atomic E-state index is 13.0. The van der Waals surface area contributed by atoms with Crippen molar-refractivity contribution < 1.29 is 22.7 Å². The van der Waals surface area contributed by atoms with E-state index in [1.807, 2.05) is 6.92 Å². The topological polar surface area (TPSA) is 159 Å². The van der Waals surface area contributed by atoms with Crippen molar-refractivity contribution >= 4 is 32.8 Å². The number of H-pyrrole nitrogens is 1. The molecule has 3 N–H and O–H groups in total. The van der Waals surface area contributed by atoms with Crippen LogP contribution in [-0.2, 0) is 21.2 Å². The molecule has 0 saturated heterocycles. The third kappa shape index (κ3) is 4.90. The Balaban J connectivity index is 1.91. The van der Waals surface area contributed by atoms with Crippen molar-refractivity contribution in [3.05, 3.63) is 34.2 Å². The standard InChI is InChI=1S/C20H25N5O6S/c1-4-5-10-30-19-23-17(21)16-18(24-19)25(20(27)22-16)9-11-32(28,29)15-8-6-7-14(12(15)2)31-13(3)26/h6-8H,4-5,9-11H2,1-3H3,(H,22,27)(H2,21,23,24). The van der Waals surface area contributed by atoms with Gasteiger partial charge in [0.25, 0.3) is 0 Å². The fourth-order valence-corrected chi connectivity index (χ4v) is 4.62. The number of fused-ring (bicyclic) bond motifs is 1. The van der Waals surface area contributed by atoms with Crippen LogP contribution in [0.2, 0.25) is 0 Å². The number of hydrogen-bond acceptors (Lipinski definition) is 9. The Bertz CT molecular complexity index is 1310. The summed E-state index contributed by atoms with van der Waals surface area (Å²) < 4.78 is 37.7. The van der Waals surface area contributed by atoms with Gasteiger partial charge in [-0.15, -0.1) is 0 Å². The van der Waals surface area contributed by atoms with E-state index in [2.05, 4.69) is 15.0 Å². The van der Waals surface area contributed by atoms with Crippen molar-refractivity contribution in [1.82, 2.24) is 19.5 Å². The average molecular weight is 464 g/mol. The van der Waals surface area contributed by atoms with Crippen LogP contribution in [0.1, 0.15) is 32.3 Å². The molecule has 0 unspecified atom stereocenters. The van der Waals surface area contributed by atoms with Crippen LogP contribution in [0.25, 0.3) is 11.2 Å². The van der Waals surface area contributed by atoms with Crippen LogP contribution in [-0.4, -0.2) is 46.3 Å². The number of nitrogens with zero attached hydrogens (tertiary/aromatic N) is 3. The molecule has 11 nitrogen and oxygen atoms in total. The van der Waals surface area contributed by atoms with Crippen LogP contribution in [0.5, 0.6) is 11.8 Å². The number of unbranched alkanes of at least 4 members (excludes halogenated alkanes) is 1. The smallest absolute Gasteiger partial charge is 0.327 e. The molecule has 0 fully saturated rings. The molecular formula is C20H25N5O6S. The van der Waals surface area contributed by atoms with E-state index in [9.17, 15) is 18.0 Å². The molecule has 3 aromatic rings. The van der Waals surface area contributed by atoms with Crippen LogP contribution in [0.15, 0.2) is 27.9 Å². The molecule has 0 bridgehead atoms. The first-order valence-corrected chi connectivity index (χ1v) is 11.7. The van der Waals surface area contributed by atoms with E-state index in [1.54, 1.807) is 6.92 Å². The van der Waals surface area contributed by atoms with Gasteiger partial charge in [0.15, 0.2) is 21.3 Å². The zero-order valence-corrected chi connectivity index (χ0v) is 18.9. The number of imidazole rings is 1. The number of hydrogen-bond donors (Lipinski definition) is 2. The van der Waals surface area contributed by atoms with Gasteiger partial charge in [0.1, 0.15) is 11.3 Å². The van der Waals surface area contributed by atoms with Crippen molar-refractivity contribution in [3.8, 4) is 11.8 Å². The number of aryl methyl sites for hydroxylation is 1. The SMILES string of the molecule is CCCCOc1nc(N)c2[nH]c(=O)n(CCS(=O)(=O)c3cccc(OC(C)=O)c3C)c2n1. The lowest BCUT2D eigenvalue weighted by Gasteiger charge is -2.12. The first-order chi connectivity index (χ1) is 15.1. The molecule has 1 aromatic carbocycles. The molecule has 3 rings (SSSR count). The zero-order valence-electron chi connectivity index (χ0n) is 18.0. The highest BCUT2D eigenvalue weighted by Crippen LogP contribution is 2.26. The second kappa shape index (κ2) is 9.39. The van der Waals surface area contributed by atoms with Gasteiger partial charge in [0.05, 0.1) is 17.3 Å². The number of esters is 1. The summed E-state index contributed by atoms with van der Waals surface area (Å²) in [7, 11) is -3.82. The Morgan fingerprint density at radius 3 is 2.72 bits per heavy atom. The fraction of sp³-hybridized carbons (Fsp3) is 0.400. The summed E-state index contributed by atoms with van der Waals surface area (Å²) in [6, 6.07) is 4.45.